The molecular weight excluding hydrogens is 238 g/mol. The molecule has 0 fully saturated rings. The van der Waals surface area contributed by atoms with Gasteiger partial charge in [-0.2, -0.15) is 5.26 Å². The van der Waals surface area contributed by atoms with E-state index in [1.807, 2.05) is 57.1 Å². The van der Waals surface area contributed by atoms with E-state index in [0.29, 0.717) is 6.42 Å². The summed E-state index contributed by atoms with van der Waals surface area (Å²) in [7, 11) is 5.79. The first-order valence-corrected chi connectivity index (χ1v) is 6.44. The van der Waals surface area contributed by atoms with Gasteiger partial charge >= 0.3 is 0 Å². The number of rotatable bonds is 6. The molecule has 0 radical (unpaired) electrons. The van der Waals surface area contributed by atoms with Crippen LogP contribution in [0.1, 0.15) is 20.3 Å². The van der Waals surface area contributed by atoms with Crippen molar-refractivity contribution in [3.05, 3.63) is 24.3 Å². The molecular formula is C15H23N3O. The highest BCUT2D eigenvalue weighted by atomic mass is 16.5. The van der Waals surface area contributed by atoms with Crippen LogP contribution in [0, 0.1) is 11.3 Å². The Morgan fingerprint density at radius 1 is 1.47 bits per heavy atom. The summed E-state index contributed by atoms with van der Waals surface area (Å²) in [6.07, 6.45) is 0.598. The Balaban J connectivity index is 2.70. The van der Waals surface area contributed by atoms with E-state index in [-0.39, 0.29) is 6.10 Å². The minimum Gasteiger partial charge on any atom is -0.491 e. The van der Waals surface area contributed by atoms with Crippen LogP contribution in [-0.4, -0.2) is 32.8 Å². The SMILES string of the molecule is CNC(C)(C#N)CC(C)Oc1cccc(N(C)C)c1. The van der Waals surface area contributed by atoms with Crippen LogP contribution in [0.5, 0.6) is 5.75 Å². The minimum absolute atomic E-state index is 0.0329. The summed E-state index contributed by atoms with van der Waals surface area (Å²) >= 11 is 0. The van der Waals surface area contributed by atoms with Crippen molar-refractivity contribution in [2.75, 3.05) is 26.0 Å². The van der Waals surface area contributed by atoms with Gasteiger partial charge in [-0.15, -0.1) is 0 Å². The molecule has 1 aromatic carbocycles. The molecule has 1 rings (SSSR count). The van der Waals surface area contributed by atoms with Gasteiger partial charge in [0.1, 0.15) is 11.3 Å². The molecule has 19 heavy (non-hydrogen) atoms. The Morgan fingerprint density at radius 3 is 2.68 bits per heavy atom. The number of hydrogen-bond donors (Lipinski definition) is 1. The zero-order chi connectivity index (χ0) is 14.5. The van der Waals surface area contributed by atoms with E-state index in [1.165, 1.54) is 0 Å². The van der Waals surface area contributed by atoms with Crippen molar-refractivity contribution in [3.63, 3.8) is 0 Å². The van der Waals surface area contributed by atoms with Crippen molar-refractivity contribution in [2.45, 2.75) is 31.9 Å². The topological polar surface area (TPSA) is 48.3 Å². The largest absolute Gasteiger partial charge is 0.491 e. The molecule has 0 aromatic heterocycles. The fourth-order valence-corrected chi connectivity index (χ4v) is 1.89. The summed E-state index contributed by atoms with van der Waals surface area (Å²) in [6, 6.07) is 10.2. The Labute approximate surface area is 116 Å². The van der Waals surface area contributed by atoms with Crippen LogP contribution in [0.25, 0.3) is 0 Å². The van der Waals surface area contributed by atoms with Gasteiger partial charge < -0.3 is 15.0 Å². The van der Waals surface area contributed by atoms with Crippen molar-refractivity contribution >= 4 is 5.69 Å². The fourth-order valence-electron chi connectivity index (χ4n) is 1.89. The Bertz CT molecular complexity index is 453. The molecule has 0 saturated heterocycles. The molecule has 4 heteroatoms. The van der Waals surface area contributed by atoms with Gasteiger partial charge in [-0.05, 0) is 33.0 Å². The number of ether oxygens (including phenoxy) is 1. The molecule has 104 valence electrons. The van der Waals surface area contributed by atoms with Crippen LogP contribution in [0.3, 0.4) is 0 Å². The number of anilines is 1. The summed E-state index contributed by atoms with van der Waals surface area (Å²) in [5, 5.41) is 12.2. The van der Waals surface area contributed by atoms with Crippen molar-refractivity contribution in [2.24, 2.45) is 0 Å². The lowest BCUT2D eigenvalue weighted by molar-refractivity contribution is 0.183. The summed E-state index contributed by atoms with van der Waals surface area (Å²) in [5.41, 5.74) is 0.542. The average molecular weight is 261 g/mol. The zero-order valence-electron chi connectivity index (χ0n) is 12.4. The molecule has 2 atom stereocenters. The van der Waals surface area contributed by atoms with E-state index >= 15 is 0 Å². The maximum Gasteiger partial charge on any atom is 0.121 e. The van der Waals surface area contributed by atoms with E-state index in [2.05, 4.69) is 11.4 Å². The average Bonchev–Trinajstić information content (AvgIpc) is 2.38. The van der Waals surface area contributed by atoms with Crippen LogP contribution < -0.4 is 15.0 Å². The van der Waals surface area contributed by atoms with E-state index in [0.717, 1.165) is 11.4 Å². The maximum atomic E-state index is 9.14. The number of nitrogens with one attached hydrogen (secondary N) is 1. The minimum atomic E-state index is -0.557. The van der Waals surface area contributed by atoms with E-state index in [9.17, 15) is 0 Å². The fraction of sp³-hybridized carbons (Fsp3) is 0.533. The Morgan fingerprint density at radius 2 is 2.16 bits per heavy atom. The van der Waals surface area contributed by atoms with Gasteiger partial charge in [-0.25, -0.2) is 0 Å². The van der Waals surface area contributed by atoms with Crippen LogP contribution >= 0.6 is 0 Å². The second kappa shape index (κ2) is 6.44. The highest BCUT2D eigenvalue weighted by Crippen LogP contribution is 2.22. The van der Waals surface area contributed by atoms with Gasteiger partial charge in [-0.1, -0.05) is 6.07 Å². The highest BCUT2D eigenvalue weighted by Gasteiger charge is 2.25. The normalized spacial score (nSPS) is 15.2. The predicted molar refractivity (Wildman–Crippen MR) is 78.6 cm³/mol. The van der Waals surface area contributed by atoms with Crippen LogP contribution in [-0.2, 0) is 0 Å². The van der Waals surface area contributed by atoms with Gasteiger partial charge in [0.25, 0.3) is 0 Å². The maximum absolute atomic E-state index is 9.14. The lowest BCUT2D eigenvalue weighted by atomic mass is 9.97. The molecule has 2 unspecified atom stereocenters. The third kappa shape index (κ3) is 4.46. The van der Waals surface area contributed by atoms with Gasteiger partial charge in [0.2, 0.25) is 0 Å². The molecule has 0 bridgehead atoms. The van der Waals surface area contributed by atoms with Gasteiger partial charge in [0, 0.05) is 32.3 Å². The molecule has 0 amide bonds. The van der Waals surface area contributed by atoms with Crippen molar-refractivity contribution in [1.29, 1.82) is 5.26 Å². The molecule has 1 N–H and O–H groups in total. The lowest BCUT2D eigenvalue weighted by Crippen LogP contribution is -2.41. The first-order chi connectivity index (χ1) is 8.90. The van der Waals surface area contributed by atoms with Gasteiger partial charge in [0.15, 0.2) is 0 Å². The molecule has 0 spiro atoms. The first kappa shape index (κ1) is 15.3. The summed E-state index contributed by atoms with van der Waals surface area (Å²) < 4.78 is 5.89. The molecule has 0 saturated carbocycles. The summed E-state index contributed by atoms with van der Waals surface area (Å²) in [4.78, 5) is 2.03. The van der Waals surface area contributed by atoms with Gasteiger partial charge in [-0.3, -0.25) is 0 Å². The second-order valence-corrected chi connectivity index (χ2v) is 5.22. The zero-order valence-corrected chi connectivity index (χ0v) is 12.4. The predicted octanol–water partition coefficient (Wildman–Crippen LogP) is 2.41. The van der Waals surface area contributed by atoms with Gasteiger partial charge in [0.05, 0.1) is 12.2 Å². The summed E-state index contributed by atoms with van der Waals surface area (Å²) in [5.74, 6) is 0.829. The monoisotopic (exact) mass is 261 g/mol. The van der Waals surface area contributed by atoms with E-state index in [4.69, 9.17) is 10.00 Å². The number of hydrogen-bond acceptors (Lipinski definition) is 4. The van der Waals surface area contributed by atoms with E-state index < -0.39 is 5.54 Å². The first-order valence-electron chi connectivity index (χ1n) is 6.44. The van der Waals surface area contributed by atoms with E-state index in [1.54, 1.807) is 7.05 Å². The van der Waals surface area contributed by atoms with Crippen molar-refractivity contribution in [3.8, 4) is 11.8 Å². The molecule has 1 aromatic rings. The quantitative estimate of drug-likeness (QED) is 0.854. The smallest absolute Gasteiger partial charge is 0.121 e. The second-order valence-electron chi connectivity index (χ2n) is 5.22. The Hall–Kier alpha value is -1.73. The van der Waals surface area contributed by atoms with Crippen LogP contribution in [0.15, 0.2) is 24.3 Å². The lowest BCUT2D eigenvalue weighted by Gasteiger charge is -2.25. The van der Waals surface area contributed by atoms with Crippen molar-refractivity contribution < 1.29 is 4.74 Å². The molecule has 0 aliphatic heterocycles. The highest BCUT2D eigenvalue weighted by molar-refractivity contribution is 5.49. The number of nitriles is 1. The van der Waals surface area contributed by atoms with Crippen LogP contribution in [0.4, 0.5) is 5.69 Å². The Kier molecular flexibility index (Phi) is 5.20. The number of nitrogens with zero attached hydrogens (tertiary/aromatic N) is 2. The third-order valence-corrected chi connectivity index (χ3v) is 3.17. The molecule has 0 aliphatic carbocycles. The summed E-state index contributed by atoms with van der Waals surface area (Å²) in [6.45, 7) is 3.86. The number of benzene rings is 1. The third-order valence-electron chi connectivity index (χ3n) is 3.17. The molecule has 0 aliphatic rings. The van der Waals surface area contributed by atoms with Crippen LogP contribution in [0.2, 0.25) is 0 Å². The van der Waals surface area contributed by atoms with Crippen molar-refractivity contribution in [1.82, 2.24) is 5.32 Å². The molecule has 0 heterocycles. The standard InChI is InChI=1S/C15H23N3O/c1-12(10-15(2,11-16)17-3)19-14-8-6-7-13(9-14)18(4)5/h6-9,12,17H,10H2,1-5H3. The molecule has 4 nitrogen and oxygen atoms in total.